The normalized spacial score (nSPS) is 13.7. The van der Waals surface area contributed by atoms with E-state index in [0.29, 0.717) is 0 Å². The molecular weight excluding hydrogens is 268 g/mol. The summed E-state index contributed by atoms with van der Waals surface area (Å²) in [6.45, 7) is 2.83. The van der Waals surface area contributed by atoms with Gasteiger partial charge in [0.2, 0.25) is 5.91 Å². The zero-order chi connectivity index (χ0) is 15.4. The fourth-order valence-electron chi connectivity index (χ4n) is 1.96. The summed E-state index contributed by atoms with van der Waals surface area (Å²) in [6, 6.07) is 3.39. The molecule has 0 aromatic heterocycles. The molecule has 0 heterocycles. The Labute approximate surface area is 116 Å². The van der Waals surface area contributed by atoms with Gasteiger partial charge in [0.05, 0.1) is 11.8 Å². The largest absolute Gasteiger partial charge is 0.481 e. The van der Waals surface area contributed by atoms with E-state index >= 15 is 0 Å². The molecule has 0 spiro atoms. The van der Waals surface area contributed by atoms with Crippen molar-refractivity contribution < 1.29 is 23.5 Å². The maximum Gasteiger partial charge on any atom is 0.308 e. The summed E-state index contributed by atoms with van der Waals surface area (Å²) in [4.78, 5) is 24.0. The first-order valence-electron chi connectivity index (χ1n) is 6.17. The summed E-state index contributed by atoms with van der Waals surface area (Å²) in [5, 5.41) is 8.80. The maximum absolute atomic E-state index is 13.6. The Morgan fingerprint density at radius 2 is 1.75 bits per heavy atom. The number of nitrogens with zero attached hydrogens (tertiary/aromatic N) is 1. The van der Waals surface area contributed by atoms with Gasteiger partial charge in [-0.2, -0.15) is 0 Å². The number of carbonyl (C=O) groups excluding carboxylic acids is 1. The highest BCUT2D eigenvalue weighted by Gasteiger charge is 2.26. The van der Waals surface area contributed by atoms with E-state index in [1.165, 1.54) is 31.9 Å². The summed E-state index contributed by atoms with van der Waals surface area (Å²) in [6.07, 6.45) is 0. The number of hydrogen-bond acceptors (Lipinski definition) is 2. The number of aliphatic carboxylic acids is 1. The number of likely N-dealkylation sites (N-methyl/N-ethyl adjacent to an activating group) is 1. The van der Waals surface area contributed by atoms with Crippen LogP contribution in [0.25, 0.3) is 0 Å². The monoisotopic (exact) mass is 285 g/mol. The topological polar surface area (TPSA) is 57.6 Å². The molecule has 1 N–H and O–H groups in total. The average Bonchev–Trinajstić information content (AvgIpc) is 2.37. The SMILES string of the molecule is CC(CN(C)C(=O)C(C)c1c(F)cccc1F)C(=O)O. The quantitative estimate of drug-likeness (QED) is 0.902. The molecule has 1 aromatic rings. The molecule has 0 saturated carbocycles. The summed E-state index contributed by atoms with van der Waals surface area (Å²) < 4.78 is 27.2. The number of hydrogen-bond donors (Lipinski definition) is 1. The highest BCUT2D eigenvalue weighted by Crippen LogP contribution is 2.24. The first-order chi connectivity index (χ1) is 9.25. The summed E-state index contributed by atoms with van der Waals surface area (Å²) in [5.74, 6) is -4.89. The van der Waals surface area contributed by atoms with Crippen molar-refractivity contribution in [3.05, 3.63) is 35.4 Å². The number of benzene rings is 1. The Morgan fingerprint density at radius 3 is 2.20 bits per heavy atom. The minimum Gasteiger partial charge on any atom is -0.481 e. The molecule has 1 amide bonds. The second-order valence-electron chi connectivity index (χ2n) is 4.82. The van der Waals surface area contributed by atoms with Crippen molar-refractivity contribution in [2.24, 2.45) is 5.92 Å². The van der Waals surface area contributed by atoms with Gasteiger partial charge in [-0.1, -0.05) is 13.0 Å². The Bertz CT molecular complexity index is 499. The van der Waals surface area contributed by atoms with Crippen LogP contribution in [-0.4, -0.2) is 35.5 Å². The van der Waals surface area contributed by atoms with Crippen molar-refractivity contribution in [3.63, 3.8) is 0 Å². The number of carbonyl (C=O) groups is 2. The number of carboxylic acid groups (broad SMARTS) is 1. The molecule has 0 bridgehead atoms. The molecule has 6 heteroatoms. The fourth-order valence-corrected chi connectivity index (χ4v) is 1.96. The minimum absolute atomic E-state index is 0.0193. The van der Waals surface area contributed by atoms with Crippen molar-refractivity contribution in [2.45, 2.75) is 19.8 Å². The van der Waals surface area contributed by atoms with Crippen LogP contribution in [0.3, 0.4) is 0 Å². The van der Waals surface area contributed by atoms with Gasteiger partial charge in [0.25, 0.3) is 0 Å². The minimum atomic E-state index is -1.03. The third-order valence-corrected chi connectivity index (χ3v) is 3.15. The van der Waals surface area contributed by atoms with E-state index in [9.17, 15) is 18.4 Å². The van der Waals surface area contributed by atoms with Crippen LogP contribution in [0.5, 0.6) is 0 Å². The lowest BCUT2D eigenvalue weighted by Gasteiger charge is -2.23. The first kappa shape index (κ1) is 16.1. The van der Waals surface area contributed by atoms with Crippen LogP contribution in [0.1, 0.15) is 25.3 Å². The zero-order valence-corrected chi connectivity index (χ0v) is 11.6. The molecule has 0 aliphatic heterocycles. The van der Waals surface area contributed by atoms with E-state index in [2.05, 4.69) is 0 Å². The molecule has 4 nitrogen and oxygen atoms in total. The van der Waals surface area contributed by atoms with Gasteiger partial charge in [-0.3, -0.25) is 9.59 Å². The first-order valence-corrected chi connectivity index (χ1v) is 6.17. The van der Waals surface area contributed by atoms with E-state index in [0.717, 1.165) is 12.1 Å². The van der Waals surface area contributed by atoms with Gasteiger partial charge in [0, 0.05) is 19.2 Å². The molecule has 0 fully saturated rings. The van der Waals surface area contributed by atoms with Crippen LogP contribution in [0.2, 0.25) is 0 Å². The molecule has 1 rings (SSSR count). The van der Waals surface area contributed by atoms with E-state index in [-0.39, 0.29) is 12.1 Å². The summed E-state index contributed by atoms with van der Waals surface area (Å²) in [5.41, 5.74) is -0.299. The Kier molecular flexibility index (Phi) is 5.19. The van der Waals surface area contributed by atoms with Gasteiger partial charge in [-0.25, -0.2) is 8.78 Å². The summed E-state index contributed by atoms with van der Waals surface area (Å²) >= 11 is 0. The van der Waals surface area contributed by atoms with E-state index in [4.69, 9.17) is 5.11 Å². The van der Waals surface area contributed by atoms with Crippen LogP contribution < -0.4 is 0 Å². The Morgan fingerprint density at radius 1 is 1.25 bits per heavy atom. The standard InChI is InChI=1S/C14H17F2NO3/c1-8(14(19)20)7-17(3)13(18)9(2)12-10(15)5-4-6-11(12)16/h4-6,8-9H,7H2,1-3H3,(H,19,20). The van der Waals surface area contributed by atoms with E-state index < -0.39 is 35.3 Å². The molecular formula is C14H17F2NO3. The molecule has 110 valence electrons. The van der Waals surface area contributed by atoms with Gasteiger partial charge in [-0.15, -0.1) is 0 Å². The molecule has 0 aliphatic rings. The second kappa shape index (κ2) is 6.45. The van der Waals surface area contributed by atoms with Crippen LogP contribution in [0, 0.1) is 17.6 Å². The predicted molar refractivity (Wildman–Crippen MR) is 69.2 cm³/mol. The number of amides is 1. The molecule has 1 aromatic carbocycles. The van der Waals surface area contributed by atoms with Gasteiger partial charge < -0.3 is 10.0 Å². The van der Waals surface area contributed by atoms with Gasteiger partial charge in [0.15, 0.2) is 0 Å². The van der Waals surface area contributed by atoms with Crippen molar-refractivity contribution in [3.8, 4) is 0 Å². The molecule has 2 atom stereocenters. The third-order valence-electron chi connectivity index (χ3n) is 3.15. The molecule has 0 radical (unpaired) electrons. The van der Waals surface area contributed by atoms with Crippen LogP contribution in [-0.2, 0) is 9.59 Å². The lowest BCUT2D eigenvalue weighted by Crippen LogP contribution is -2.36. The van der Waals surface area contributed by atoms with Gasteiger partial charge in [-0.05, 0) is 19.1 Å². The summed E-state index contributed by atoms with van der Waals surface area (Å²) in [7, 11) is 1.41. The van der Waals surface area contributed by atoms with E-state index in [1.54, 1.807) is 0 Å². The number of halogens is 2. The Balaban J connectivity index is 2.89. The third kappa shape index (κ3) is 3.53. The predicted octanol–water partition coefficient (Wildman–Crippen LogP) is 2.25. The lowest BCUT2D eigenvalue weighted by molar-refractivity contribution is -0.142. The zero-order valence-electron chi connectivity index (χ0n) is 11.6. The lowest BCUT2D eigenvalue weighted by atomic mass is 9.98. The second-order valence-corrected chi connectivity index (χ2v) is 4.82. The molecule has 2 unspecified atom stereocenters. The molecule has 0 saturated heterocycles. The van der Waals surface area contributed by atoms with Gasteiger partial charge in [0.1, 0.15) is 11.6 Å². The van der Waals surface area contributed by atoms with Crippen LogP contribution in [0.15, 0.2) is 18.2 Å². The maximum atomic E-state index is 13.6. The van der Waals surface area contributed by atoms with Crippen molar-refractivity contribution in [1.29, 1.82) is 0 Å². The Hall–Kier alpha value is -1.98. The highest BCUT2D eigenvalue weighted by atomic mass is 19.1. The number of carboxylic acids is 1. The molecule has 20 heavy (non-hydrogen) atoms. The van der Waals surface area contributed by atoms with Crippen LogP contribution >= 0.6 is 0 Å². The fraction of sp³-hybridized carbons (Fsp3) is 0.429. The number of rotatable bonds is 5. The average molecular weight is 285 g/mol. The van der Waals surface area contributed by atoms with Crippen LogP contribution in [0.4, 0.5) is 8.78 Å². The van der Waals surface area contributed by atoms with Crippen molar-refractivity contribution >= 4 is 11.9 Å². The molecule has 0 aliphatic carbocycles. The van der Waals surface area contributed by atoms with Crippen molar-refractivity contribution in [1.82, 2.24) is 4.90 Å². The highest BCUT2D eigenvalue weighted by molar-refractivity contribution is 5.83. The van der Waals surface area contributed by atoms with Crippen molar-refractivity contribution in [2.75, 3.05) is 13.6 Å². The van der Waals surface area contributed by atoms with E-state index in [1.807, 2.05) is 0 Å². The van der Waals surface area contributed by atoms with Gasteiger partial charge >= 0.3 is 5.97 Å². The smallest absolute Gasteiger partial charge is 0.308 e.